The van der Waals surface area contributed by atoms with Crippen molar-refractivity contribution in [3.63, 3.8) is 0 Å². The zero-order chi connectivity index (χ0) is 19.0. The van der Waals surface area contributed by atoms with Crippen LogP contribution in [0.5, 0.6) is 0 Å². The highest BCUT2D eigenvalue weighted by molar-refractivity contribution is 7.98. The van der Waals surface area contributed by atoms with Gasteiger partial charge in [0.2, 0.25) is 0 Å². The third-order valence-electron chi connectivity index (χ3n) is 4.46. The summed E-state index contributed by atoms with van der Waals surface area (Å²) in [5.74, 6) is 1.53. The summed E-state index contributed by atoms with van der Waals surface area (Å²) in [6.45, 7) is 0. The monoisotopic (exact) mass is 407 g/mol. The van der Waals surface area contributed by atoms with Crippen LogP contribution in [0.4, 0.5) is 5.82 Å². The van der Waals surface area contributed by atoms with Crippen molar-refractivity contribution in [1.82, 2.24) is 19.5 Å². The number of anilines is 1. The van der Waals surface area contributed by atoms with Gasteiger partial charge in [0.05, 0.1) is 12.4 Å². The molecule has 4 rings (SSSR count). The number of aliphatic hydroxyl groups is 2. The van der Waals surface area contributed by atoms with Crippen molar-refractivity contribution in [2.75, 3.05) is 11.5 Å². The Bertz CT molecular complexity index is 938. The van der Waals surface area contributed by atoms with Crippen LogP contribution in [0, 0.1) is 0 Å². The molecule has 142 valence electrons. The molecule has 1 aromatic carbocycles. The molecule has 0 unspecified atom stereocenters. The van der Waals surface area contributed by atoms with Crippen LogP contribution in [0.25, 0.3) is 11.2 Å². The van der Waals surface area contributed by atoms with E-state index in [1.807, 2.05) is 24.3 Å². The largest absolute Gasteiger partial charge is 0.387 e. The topological polar surface area (TPSA) is 119 Å². The first-order valence-corrected chi connectivity index (χ1v) is 9.84. The molecular weight excluding hydrogens is 390 g/mol. The molecule has 1 aliphatic heterocycles. The lowest BCUT2D eigenvalue weighted by Gasteiger charge is -2.16. The van der Waals surface area contributed by atoms with Gasteiger partial charge in [-0.25, -0.2) is 15.0 Å². The van der Waals surface area contributed by atoms with Crippen molar-refractivity contribution < 1.29 is 14.9 Å². The molecule has 4 atom stereocenters. The third kappa shape index (κ3) is 3.61. The molecule has 0 amide bonds. The molecule has 0 aliphatic carbocycles. The molecule has 0 bridgehead atoms. The lowest BCUT2D eigenvalue weighted by atomic mass is 10.1. The molecule has 3 heterocycles. The standard InChI is InChI=1S/C17H18ClN5O3S/c18-10-3-1-9(2-4-10)5-27-6-11-13(24)14(25)17(26-11)23-8-22-12-15(19)20-7-21-16(12)23/h1-4,7-8,11,13-14,17,24-25H,5-6H2,(H2,19,20,21)/t11-,13-,14-,17-/m0/s1. The predicted molar refractivity (Wildman–Crippen MR) is 103 cm³/mol. The average Bonchev–Trinajstić information content (AvgIpc) is 3.21. The average molecular weight is 408 g/mol. The minimum atomic E-state index is -1.10. The summed E-state index contributed by atoms with van der Waals surface area (Å²) in [6, 6.07) is 7.60. The minimum absolute atomic E-state index is 0.252. The second-order valence-electron chi connectivity index (χ2n) is 6.27. The Morgan fingerprint density at radius 3 is 2.70 bits per heavy atom. The number of aromatic nitrogens is 4. The summed E-state index contributed by atoms with van der Waals surface area (Å²) in [5, 5.41) is 21.5. The lowest BCUT2D eigenvalue weighted by molar-refractivity contribution is -0.0289. The van der Waals surface area contributed by atoms with Crippen molar-refractivity contribution in [2.24, 2.45) is 0 Å². The zero-order valence-corrected chi connectivity index (χ0v) is 15.7. The van der Waals surface area contributed by atoms with E-state index >= 15 is 0 Å². The summed E-state index contributed by atoms with van der Waals surface area (Å²) < 4.78 is 7.49. The second-order valence-corrected chi connectivity index (χ2v) is 7.74. The molecule has 1 saturated heterocycles. The van der Waals surface area contributed by atoms with Crippen molar-refractivity contribution in [3.8, 4) is 0 Å². The Morgan fingerprint density at radius 1 is 1.15 bits per heavy atom. The summed E-state index contributed by atoms with van der Waals surface area (Å²) in [7, 11) is 0. The second kappa shape index (κ2) is 7.61. The fourth-order valence-electron chi connectivity index (χ4n) is 3.03. The molecule has 1 fully saturated rings. The zero-order valence-electron chi connectivity index (χ0n) is 14.1. The lowest BCUT2D eigenvalue weighted by Crippen LogP contribution is -2.32. The van der Waals surface area contributed by atoms with Gasteiger partial charge >= 0.3 is 0 Å². The van der Waals surface area contributed by atoms with E-state index in [9.17, 15) is 10.2 Å². The molecule has 10 heteroatoms. The fraction of sp³-hybridized carbons (Fsp3) is 0.353. The van der Waals surface area contributed by atoms with Crippen molar-refractivity contribution in [2.45, 2.75) is 30.3 Å². The number of aliphatic hydroxyl groups excluding tert-OH is 2. The predicted octanol–water partition coefficient (Wildman–Crippen LogP) is 1.61. The Hall–Kier alpha value is -1.91. The molecule has 1 aliphatic rings. The van der Waals surface area contributed by atoms with Gasteiger partial charge in [0.15, 0.2) is 17.7 Å². The summed E-state index contributed by atoms with van der Waals surface area (Å²) in [6.07, 6.45) is -0.601. The molecule has 8 nitrogen and oxygen atoms in total. The number of thioether (sulfide) groups is 1. The highest BCUT2D eigenvalue weighted by Gasteiger charge is 2.44. The van der Waals surface area contributed by atoms with E-state index in [0.29, 0.717) is 21.9 Å². The van der Waals surface area contributed by atoms with E-state index in [1.165, 1.54) is 12.7 Å². The Labute approximate surface area is 164 Å². The number of ether oxygens (including phenoxy) is 1. The van der Waals surface area contributed by atoms with E-state index in [2.05, 4.69) is 15.0 Å². The van der Waals surface area contributed by atoms with Gasteiger partial charge in [0.1, 0.15) is 24.1 Å². The Kier molecular flexibility index (Phi) is 5.20. The molecule has 2 aromatic heterocycles. The maximum atomic E-state index is 10.5. The highest BCUT2D eigenvalue weighted by Crippen LogP contribution is 2.33. The van der Waals surface area contributed by atoms with Crippen LogP contribution in [-0.4, -0.2) is 53.8 Å². The fourth-order valence-corrected chi connectivity index (χ4v) is 4.21. The van der Waals surface area contributed by atoms with Crippen molar-refractivity contribution >= 4 is 40.3 Å². The van der Waals surface area contributed by atoms with Crippen LogP contribution in [0.3, 0.4) is 0 Å². The van der Waals surface area contributed by atoms with Gasteiger partial charge in [-0.2, -0.15) is 11.8 Å². The molecule has 4 N–H and O–H groups in total. The molecular formula is C17H18ClN5O3S. The Morgan fingerprint density at radius 2 is 1.93 bits per heavy atom. The number of hydrogen-bond donors (Lipinski definition) is 3. The maximum absolute atomic E-state index is 10.5. The van der Waals surface area contributed by atoms with Crippen molar-refractivity contribution in [3.05, 3.63) is 47.5 Å². The SMILES string of the molecule is Nc1ncnc2c1ncn2[C@H]1O[C@@H](CSCc2ccc(Cl)cc2)[C@H](O)[C@@H]1O. The van der Waals surface area contributed by atoms with Crippen LogP contribution < -0.4 is 5.73 Å². The van der Waals surface area contributed by atoms with E-state index < -0.39 is 24.5 Å². The number of halogens is 1. The molecule has 3 aromatic rings. The van der Waals surface area contributed by atoms with Crippen LogP contribution in [0.15, 0.2) is 36.9 Å². The van der Waals surface area contributed by atoms with Gasteiger partial charge in [0, 0.05) is 16.5 Å². The smallest absolute Gasteiger partial charge is 0.167 e. The quantitative estimate of drug-likeness (QED) is 0.583. The van der Waals surface area contributed by atoms with Gasteiger partial charge in [-0.1, -0.05) is 23.7 Å². The molecule has 0 saturated carbocycles. The van der Waals surface area contributed by atoms with Gasteiger partial charge in [-0.15, -0.1) is 0 Å². The summed E-state index contributed by atoms with van der Waals surface area (Å²) in [4.78, 5) is 12.2. The van der Waals surface area contributed by atoms with Crippen LogP contribution in [-0.2, 0) is 10.5 Å². The molecule has 0 spiro atoms. The number of benzene rings is 1. The first kappa shape index (κ1) is 18.5. The van der Waals surface area contributed by atoms with E-state index in [-0.39, 0.29) is 5.82 Å². The highest BCUT2D eigenvalue weighted by atomic mass is 35.5. The first-order valence-electron chi connectivity index (χ1n) is 8.31. The summed E-state index contributed by atoms with van der Waals surface area (Å²) >= 11 is 7.50. The number of imidazole rings is 1. The number of fused-ring (bicyclic) bond motifs is 1. The van der Waals surface area contributed by atoms with Gasteiger partial charge < -0.3 is 20.7 Å². The molecule has 0 radical (unpaired) electrons. The maximum Gasteiger partial charge on any atom is 0.167 e. The number of nitrogens with zero attached hydrogens (tertiary/aromatic N) is 4. The van der Waals surface area contributed by atoms with E-state index in [0.717, 1.165) is 11.3 Å². The normalized spacial score (nSPS) is 25.3. The van der Waals surface area contributed by atoms with Crippen LogP contribution >= 0.6 is 23.4 Å². The van der Waals surface area contributed by atoms with E-state index in [1.54, 1.807) is 16.3 Å². The Balaban J connectivity index is 1.44. The number of nitrogen functional groups attached to an aromatic ring is 1. The van der Waals surface area contributed by atoms with Gasteiger partial charge in [0.25, 0.3) is 0 Å². The number of rotatable bonds is 5. The number of hydrogen-bond acceptors (Lipinski definition) is 8. The first-order chi connectivity index (χ1) is 13.0. The van der Waals surface area contributed by atoms with Crippen LogP contribution in [0.1, 0.15) is 11.8 Å². The summed E-state index contributed by atoms with van der Waals surface area (Å²) in [5.41, 5.74) is 7.81. The van der Waals surface area contributed by atoms with Gasteiger partial charge in [-0.3, -0.25) is 4.57 Å². The minimum Gasteiger partial charge on any atom is -0.387 e. The third-order valence-corrected chi connectivity index (χ3v) is 5.82. The van der Waals surface area contributed by atoms with Crippen LogP contribution in [0.2, 0.25) is 5.02 Å². The van der Waals surface area contributed by atoms with E-state index in [4.69, 9.17) is 22.1 Å². The molecule has 27 heavy (non-hydrogen) atoms. The van der Waals surface area contributed by atoms with Crippen molar-refractivity contribution in [1.29, 1.82) is 0 Å². The number of nitrogens with two attached hydrogens (primary N) is 1. The van der Waals surface area contributed by atoms with Gasteiger partial charge in [-0.05, 0) is 17.7 Å².